The highest BCUT2D eigenvalue weighted by molar-refractivity contribution is 8.03. The molecular weight excluding hydrogens is 664 g/mol. The second-order valence-electron chi connectivity index (χ2n) is 9.83. The highest BCUT2D eigenvalue weighted by Crippen LogP contribution is 2.53. The van der Waals surface area contributed by atoms with Crippen LogP contribution >= 0.6 is 11.8 Å². The molecule has 0 amide bonds. The van der Waals surface area contributed by atoms with Gasteiger partial charge in [-0.25, -0.2) is 13.8 Å². The molecule has 2 aromatic carbocycles. The van der Waals surface area contributed by atoms with Gasteiger partial charge in [0, 0.05) is 23.5 Å². The van der Waals surface area contributed by atoms with E-state index in [0.29, 0.717) is 17.8 Å². The fourth-order valence-corrected chi connectivity index (χ4v) is 5.87. The number of rotatable bonds is 7. The van der Waals surface area contributed by atoms with E-state index in [1.54, 1.807) is 6.07 Å². The van der Waals surface area contributed by atoms with Crippen LogP contribution in [-0.4, -0.2) is 46.4 Å². The van der Waals surface area contributed by atoms with Gasteiger partial charge in [0.05, 0.1) is 47.0 Å². The van der Waals surface area contributed by atoms with Crippen molar-refractivity contribution in [2.45, 2.75) is 29.7 Å². The lowest BCUT2D eigenvalue weighted by molar-refractivity contribution is -0.140. The lowest BCUT2D eigenvalue weighted by Gasteiger charge is -2.32. The van der Waals surface area contributed by atoms with Gasteiger partial charge in [0.15, 0.2) is 5.82 Å². The van der Waals surface area contributed by atoms with E-state index in [2.05, 4.69) is 26.5 Å². The summed E-state index contributed by atoms with van der Waals surface area (Å²) in [4.78, 5) is 16.1. The Morgan fingerprint density at radius 3 is 2.47 bits per heavy atom. The number of halogens is 8. The Balaban J connectivity index is 1.93. The molecule has 1 atom stereocenters. The maximum atomic E-state index is 16.7. The zero-order valence-electron chi connectivity index (χ0n) is 23.8. The smallest absolute Gasteiger partial charge is 0.420 e. The zero-order valence-corrected chi connectivity index (χ0v) is 24.6. The van der Waals surface area contributed by atoms with Gasteiger partial charge in [-0.05, 0) is 12.1 Å². The Hall–Kier alpha value is -5.12. The van der Waals surface area contributed by atoms with Crippen molar-refractivity contribution in [2.75, 3.05) is 30.9 Å². The SMILES string of the molecule is C=C(N)Sc1c(F)ccc(-c2c(C(F)(F)F)c3c4c(nc(OC)nc4c2F)N(C(CC(F)(F)F)c2nccnc2N)CCO3)c1C#N. The third-order valence-electron chi connectivity index (χ3n) is 6.91. The van der Waals surface area contributed by atoms with Gasteiger partial charge in [0.1, 0.15) is 52.7 Å². The van der Waals surface area contributed by atoms with Gasteiger partial charge in [-0.3, -0.25) is 4.98 Å². The molecule has 10 nitrogen and oxygen atoms in total. The number of nitrogen functional groups attached to an aromatic ring is 1. The van der Waals surface area contributed by atoms with Gasteiger partial charge in [0.25, 0.3) is 0 Å². The van der Waals surface area contributed by atoms with E-state index in [4.69, 9.17) is 20.9 Å². The summed E-state index contributed by atoms with van der Waals surface area (Å²) in [5.41, 5.74) is 5.77. The highest BCUT2D eigenvalue weighted by Gasteiger charge is 2.45. The van der Waals surface area contributed by atoms with Crippen molar-refractivity contribution in [1.82, 2.24) is 19.9 Å². The fourth-order valence-electron chi connectivity index (χ4n) is 5.18. The van der Waals surface area contributed by atoms with Crippen molar-refractivity contribution >= 4 is 34.3 Å². The van der Waals surface area contributed by atoms with Crippen LogP contribution in [0.25, 0.3) is 22.0 Å². The first-order chi connectivity index (χ1) is 22.1. The normalized spacial score (nSPS) is 13.9. The largest absolute Gasteiger partial charge is 0.490 e. The number of nitrogens with two attached hydrogens (primary N) is 2. The quantitative estimate of drug-likeness (QED) is 0.168. The first-order valence-electron chi connectivity index (χ1n) is 13.1. The standard InChI is InChI=1S/C28H20F8N8O2S/c1-11(38)47-23-13(10-37)12(3-4-14(23)29)16-18(28(34,35)36)22-17-21(19(16)30)42-26(45-2)43-25(17)44(7-8-46-22)15(9-27(31,32)33)20-24(39)41-6-5-40-20/h3-6,15H,1,7-9,38H2,2H3,(H2,39,41). The Morgan fingerprint density at radius 2 is 1.87 bits per heavy atom. The molecule has 0 saturated carbocycles. The van der Waals surface area contributed by atoms with E-state index in [9.17, 15) is 22.8 Å². The number of thioether (sulfide) groups is 1. The number of aromatic nitrogens is 4. The van der Waals surface area contributed by atoms with E-state index < -0.39 is 111 Å². The van der Waals surface area contributed by atoms with E-state index >= 15 is 17.6 Å². The number of nitrogens with zero attached hydrogens (tertiary/aromatic N) is 6. The van der Waals surface area contributed by atoms with Crippen LogP contribution in [0.1, 0.15) is 29.3 Å². The third kappa shape index (κ3) is 6.19. The van der Waals surface area contributed by atoms with Crippen molar-refractivity contribution in [1.29, 1.82) is 5.26 Å². The molecule has 0 spiro atoms. The average molecular weight is 685 g/mol. The van der Waals surface area contributed by atoms with Crippen LogP contribution in [0.3, 0.4) is 0 Å². The average Bonchev–Trinajstić information content (AvgIpc) is 3.17. The van der Waals surface area contributed by atoms with E-state index in [-0.39, 0.29) is 10.7 Å². The summed E-state index contributed by atoms with van der Waals surface area (Å²) in [6.07, 6.45) is -9.71. The van der Waals surface area contributed by atoms with Crippen LogP contribution in [0, 0.1) is 23.0 Å². The molecule has 47 heavy (non-hydrogen) atoms. The molecule has 0 fully saturated rings. The number of benzene rings is 2. The van der Waals surface area contributed by atoms with Crippen molar-refractivity contribution < 1.29 is 44.6 Å². The minimum atomic E-state index is -5.42. The van der Waals surface area contributed by atoms with Gasteiger partial charge < -0.3 is 25.8 Å². The first kappa shape index (κ1) is 33.2. The molecule has 4 aromatic rings. The number of nitriles is 1. The lowest BCUT2D eigenvalue weighted by Crippen LogP contribution is -2.36. The molecular formula is C28H20F8N8O2S. The number of ether oxygens (including phenoxy) is 2. The summed E-state index contributed by atoms with van der Waals surface area (Å²) in [5.74, 6) is -4.80. The molecule has 4 N–H and O–H groups in total. The van der Waals surface area contributed by atoms with Crippen LogP contribution < -0.4 is 25.8 Å². The molecule has 19 heteroatoms. The molecule has 0 bridgehead atoms. The van der Waals surface area contributed by atoms with Crippen LogP contribution in [0.2, 0.25) is 0 Å². The van der Waals surface area contributed by atoms with Gasteiger partial charge in [0.2, 0.25) is 0 Å². The van der Waals surface area contributed by atoms with Gasteiger partial charge >= 0.3 is 18.4 Å². The number of anilines is 2. The fraction of sp³-hybridized carbons (Fsp3) is 0.250. The summed E-state index contributed by atoms with van der Waals surface area (Å²) in [7, 11) is 1.04. The summed E-state index contributed by atoms with van der Waals surface area (Å²) >= 11 is 0.433. The Morgan fingerprint density at radius 1 is 1.17 bits per heavy atom. The van der Waals surface area contributed by atoms with Crippen LogP contribution in [-0.2, 0) is 6.18 Å². The number of methoxy groups -OCH3 is 1. The summed E-state index contributed by atoms with van der Waals surface area (Å²) in [5, 5.41) is 8.95. The van der Waals surface area contributed by atoms with Crippen molar-refractivity contribution in [2.24, 2.45) is 5.73 Å². The minimum absolute atomic E-state index is 0.221. The van der Waals surface area contributed by atoms with E-state index in [1.807, 2.05) is 0 Å². The van der Waals surface area contributed by atoms with Gasteiger partial charge in [-0.15, -0.1) is 0 Å². The summed E-state index contributed by atoms with van der Waals surface area (Å²) < 4.78 is 129. The molecule has 0 saturated heterocycles. The summed E-state index contributed by atoms with van der Waals surface area (Å²) in [6.45, 7) is 2.18. The highest BCUT2D eigenvalue weighted by atomic mass is 32.2. The Kier molecular flexibility index (Phi) is 8.66. The predicted octanol–water partition coefficient (Wildman–Crippen LogP) is 6.26. The molecule has 1 unspecified atom stereocenters. The molecule has 1 aliphatic heterocycles. The van der Waals surface area contributed by atoms with E-state index in [0.717, 1.165) is 30.5 Å². The molecule has 1 aliphatic rings. The van der Waals surface area contributed by atoms with Crippen LogP contribution in [0.5, 0.6) is 11.8 Å². The molecule has 5 rings (SSSR count). The lowest BCUT2D eigenvalue weighted by atomic mass is 9.91. The third-order valence-corrected chi connectivity index (χ3v) is 7.78. The van der Waals surface area contributed by atoms with Crippen molar-refractivity contribution in [3.05, 3.63) is 64.6 Å². The zero-order chi connectivity index (χ0) is 34.4. The maximum Gasteiger partial charge on any atom is 0.420 e. The van der Waals surface area contributed by atoms with Crippen LogP contribution in [0.15, 0.2) is 41.0 Å². The van der Waals surface area contributed by atoms with Crippen LogP contribution in [0.4, 0.5) is 46.8 Å². The minimum Gasteiger partial charge on any atom is -0.490 e. The molecule has 0 aliphatic carbocycles. The number of alkyl halides is 6. The summed E-state index contributed by atoms with van der Waals surface area (Å²) in [6, 6.07) is 0.612. The first-order valence-corrected chi connectivity index (χ1v) is 13.9. The second-order valence-corrected chi connectivity index (χ2v) is 11.0. The maximum absolute atomic E-state index is 16.7. The van der Waals surface area contributed by atoms with E-state index in [1.165, 1.54) is 0 Å². The van der Waals surface area contributed by atoms with Crippen molar-refractivity contribution in [3.63, 3.8) is 0 Å². The monoisotopic (exact) mass is 684 g/mol. The molecule has 2 aromatic heterocycles. The molecule has 0 radical (unpaired) electrons. The number of hydrogen-bond acceptors (Lipinski definition) is 11. The molecule has 246 valence electrons. The van der Waals surface area contributed by atoms with Gasteiger partial charge in [-0.1, -0.05) is 18.3 Å². The topological polar surface area (TPSA) is 149 Å². The Bertz CT molecular complexity index is 1950. The second kappa shape index (κ2) is 12.2. The number of hydrogen-bond donors (Lipinski definition) is 2. The van der Waals surface area contributed by atoms with Crippen molar-refractivity contribution in [3.8, 4) is 29.0 Å². The Labute approximate surface area is 264 Å². The van der Waals surface area contributed by atoms with Gasteiger partial charge in [-0.2, -0.15) is 41.6 Å². The predicted molar refractivity (Wildman–Crippen MR) is 153 cm³/mol. The molecule has 3 heterocycles.